The number of allylic oxidation sites excluding steroid dienone is 3. The molecular formula is C15H38N2. The van der Waals surface area contributed by atoms with Crippen LogP contribution in [0.3, 0.4) is 0 Å². The van der Waals surface area contributed by atoms with E-state index in [9.17, 15) is 0 Å². The third-order valence-corrected chi connectivity index (χ3v) is 0.880. The summed E-state index contributed by atoms with van der Waals surface area (Å²) in [7, 11) is 5.25. The van der Waals surface area contributed by atoms with E-state index in [2.05, 4.69) is 37.6 Å². The van der Waals surface area contributed by atoms with Crippen molar-refractivity contribution in [1.29, 1.82) is 0 Å². The van der Waals surface area contributed by atoms with Gasteiger partial charge < -0.3 is 11.1 Å². The first-order valence-corrected chi connectivity index (χ1v) is 6.62. The van der Waals surface area contributed by atoms with Crippen molar-refractivity contribution >= 4 is 0 Å². The fraction of sp³-hybridized carbons (Fsp3) is 0.733. The molecule has 0 saturated carbocycles. The first kappa shape index (κ1) is 29.9. The van der Waals surface area contributed by atoms with Crippen LogP contribution in [0.4, 0.5) is 0 Å². The predicted octanol–water partition coefficient (Wildman–Crippen LogP) is 4.24. The summed E-state index contributed by atoms with van der Waals surface area (Å²) in [6.45, 7) is 16.0. The van der Waals surface area contributed by atoms with E-state index in [0.717, 1.165) is 12.3 Å². The van der Waals surface area contributed by atoms with Crippen LogP contribution in [0.15, 0.2) is 24.8 Å². The molecule has 17 heavy (non-hydrogen) atoms. The van der Waals surface area contributed by atoms with Crippen molar-refractivity contribution in [3.8, 4) is 0 Å². The molecule has 0 rings (SSSR count). The summed E-state index contributed by atoms with van der Waals surface area (Å²) in [6, 6.07) is 0. The minimum Gasteiger partial charge on any atom is -0.333 e. The summed E-state index contributed by atoms with van der Waals surface area (Å²) in [4.78, 5) is 0. The second kappa shape index (κ2) is 58.3. The lowest BCUT2D eigenvalue weighted by Gasteiger charge is -1.93. The van der Waals surface area contributed by atoms with E-state index in [4.69, 9.17) is 0 Å². The smallest absolute Gasteiger partial charge is 0.0167 e. The summed E-state index contributed by atoms with van der Waals surface area (Å²) < 4.78 is 0. The second-order valence-electron chi connectivity index (χ2n) is 2.79. The molecule has 0 aromatic carbocycles. The molecule has 0 atom stereocenters. The minimum atomic E-state index is 0.770. The van der Waals surface area contributed by atoms with Gasteiger partial charge in [0.1, 0.15) is 0 Å². The molecule has 2 heteroatoms. The second-order valence-corrected chi connectivity index (χ2v) is 2.79. The van der Waals surface area contributed by atoms with Gasteiger partial charge in [0.15, 0.2) is 0 Å². The Bertz CT molecular complexity index is 97.1. The quantitative estimate of drug-likeness (QED) is 0.731. The summed E-state index contributed by atoms with van der Waals surface area (Å²) >= 11 is 0. The molecule has 0 spiro atoms. The van der Waals surface area contributed by atoms with Crippen molar-refractivity contribution in [2.24, 2.45) is 11.7 Å². The SMILES string of the molecule is C=C/C=C/CC(C)C.CC.CC.CN.CNC. The van der Waals surface area contributed by atoms with Crippen molar-refractivity contribution in [1.82, 2.24) is 5.32 Å². The minimum absolute atomic E-state index is 0.770. The third-order valence-electron chi connectivity index (χ3n) is 0.880. The van der Waals surface area contributed by atoms with Crippen LogP contribution in [0.1, 0.15) is 48.0 Å². The maximum atomic E-state index is 4.50. The molecule has 0 aliphatic rings. The average Bonchev–Trinajstić information content (AvgIpc) is 2.38. The van der Waals surface area contributed by atoms with Crippen LogP contribution in [0, 0.1) is 5.92 Å². The molecule has 0 heterocycles. The van der Waals surface area contributed by atoms with Crippen LogP contribution in [-0.4, -0.2) is 21.1 Å². The predicted molar refractivity (Wildman–Crippen MR) is 86.6 cm³/mol. The summed E-state index contributed by atoms with van der Waals surface area (Å²) in [5.41, 5.74) is 4.50. The van der Waals surface area contributed by atoms with Gasteiger partial charge in [0.25, 0.3) is 0 Å². The maximum absolute atomic E-state index is 4.50. The molecule has 0 aliphatic heterocycles. The zero-order valence-electron chi connectivity index (χ0n) is 13.8. The van der Waals surface area contributed by atoms with E-state index in [1.165, 1.54) is 7.05 Å². The highest BCUT2D eigenvalue weighted by Gasteiger charge is 1.84. The molecule has 0 unspecified atom stereocenters. The molecule has 3 N–H and O–H groups in total. The van der Waals surface area contributed by atoms with Gasteiger partial charge in [-0.15, -0.1) is 0 Å². The highest BCUT2D eigenvalue weighted by atomic mass is 14.7. The van der Waals surface area contributed by atoms with Gasteiger partial charge in [-0.2, -0.15) is 0 Å². The molecule has 0 bridgehead atoms. The Morgan fingerprint density at radius 2 is 1.35 bits per heavy atom. The molecule has 108 valence electrons. The van der Waals surface area contributed by atoms with Gasteiger partial charge >= 0.3 is 0 Å². The topological polar surface area (TPSA) is 38.0 Å². The molecule has 0 saturated heterocycles. The van der Waals surface area contributed by atoms with Crippen LogP contribution >= 0.6 is 0 Å². The van der Waals surface area contributed by atoms with E-state index in [0.29, 0.717) is 0 Å². The van der Waals surface area contributed by atoms with Crippen molar-refractivity contribution in [3.05, 3.63) is 24.8 Å². The molecule has 0 aromatic rings. The molecule has 0 aromatic heterocycles. The van der Waals surface area contributed by atoms with Crippen molar-refractivity contribution in [2.75, 3.05) is 21.1 Å². The molecule has 2 nitrogen and oxygen atoms in total. The molecular weight excluding hydrogens is 208 g/mol. The fourth-order valence-corrected chi connectivity index (χ4v) is 0.447. The fourth-order valence-electron chi connectivity index (χ4n) is 0.447. The molecule has 0 aliphatic carbocycles. The van der Waals surface area contributed by atoms with Gasteiger partial charge in [-0.25, -0.2) is 0 Å². The third kappa shape index (κ3) is 143. The van der Waals surface area contributed by atoms with Gasteiger partial charge in [0.2, 0.25) is 0 Å². The highest BCUT2D eigenvalue weighted by Crippen LogP contribution is 1.98. The van der Waals surface area contributed by atoms with Crippen LogP contribution in [0.25, 0.3) is 0 Å². The number of hydrogen-bond acceptors (Lipinski definition) is 2. The van der Waals surface area contributed by atoms with Gasteiger partial charge in [0.05, 0.1) is 0 Å². The number of rotatable bonds is 3. The molecule has 0 fully saturated rings. The van der Waals surface area contributed by atoms with Gasteiger partial charge in [0, 0.05) is 0 Å². The Morgan fingerprint density at radius 1 is 1.06 bits per heavy atom. The van der Waals surface area contributed by atoms with Crippen molar-refractivity contribution in [3.63, 3.8) is 0 Å². The standard InChI is InChI=1S/C8H14.C2H7N.2C2H6.CH5N/c1-4-5-6-7-8(2)3;1-3-2;3*1-2/h4-6,8H,1,7H2,2-3H3;3H,1-2H3;2*1-2H3;2H2,1H3/b6-5+;;;;. The monoisotopic (exact) mass is 246 g/mol. The Morgan fingerprint density at radius 3 is 1.53 bits per heavy atom. The number of hydrogen-bond donors (Lipinski definition) is 2. The zero-order valence-corrected chi connectivity index (χ0v) is 13.8. The van der Waals surface area contributed by atoms with Crippen LogP contribution in [0.5, 0.6) is 0 Å². The van der Waals surface area contributed by atoms with Gasteiger partial charge in [-0.3, -0.25) is 0 Å². The Kier molecular flexibility index (Phi) is 103. The van der Waals surface area contributed by atoms with Crippen LogP contribution in [0.2, 0.25) is 0 Å². The van der Waals surface area contributed by atoms with Crippen LogP contribution < -0.4 is 11.1 Å². The zero-order chi connectivity index (χ0) is 15.1. The summed E-state index contributed by atoms with van der Waals surface area (Å²) in [5, 5.41) is 2.75. The van der Waals surface area contributed by atoms with Crippen molar-refractivity contribution in [2.45, 2.75) is 48.0 Å². The Labute approximate surface area is 111 Å². The van der Waals surface area contributed by atoms with Gasteiger partial charge in [-0.1, -0.05) is 66.3 Å². The lowest BCUT2D eigenvalue weighted by atomic mass is 10.1. The average molecular weight is 246 g/mol. The first-order chi connectivity index (χ1) is 8.18. The number of nitrogens with one attached hydrogen (secondary N) is 1. The maximum Gasteiger partial charge on any atom is -0.0167 e. The largest absolute Gasteiger partial charge is 0.333 e. The molecule has 0 amide bonds. The normalized spacial score (nSPS) is 7.24. The summed E-state index contributed by atoms with van der Waals surface area (Å²) in [6.07, 6.45) is 7.09. The number of nitrogens with two attached hydrogens (primary N) is 1. The summed E-state index contributed by atoms with van der Waals surface area (Å²) in [5.74, 6) is 0.770. The van der Waals surface area contributed by atoms with Crippen LogP contribution in [-0.2, 0) is 0 Å². The van der Waals surface area contributed by atoms with E-state index in [1.54, 1.807) is 0 Å². The van der Waals surface area contributed by atoms with Crippen molar-refractivity contribution < 1.29 is 0 Å². The van der Waals surface area contributed by atoms with E-state index >= 15 is 0 Å². The van der Waals surface area contributed by atoms with E-state index < -0.39 is 0 Å². The van der Waals surface area contributed by atoms with E-state index in [-0.39, 0.29) is 0 Å². The Hall–Kier alpha value is -0.600. The van der Waals surface area contributed by atoms with Gasteiger partial charge in [-0.05, 0) is 33.5 Å². The lowest BCUT2D eigenvalue weighted by Crippen LogP contribution is -1.89. The lowest BCUT2D eigenvalue weighted by molar-refractivity contribution is 0.664. The highest BCUT2D eigenvalue weighted by molar-refractivity contribution is 4.97. The first-order valence-electron chi connectivity index (χ1n) is 6.62. The Balaban J connectivity index is -0.0000000448. The molecule has 0 radical (unpaired) electrons. The van der Waals surface area contributed by atoms with E-state index in [1.807, 2.05) is 53.9 Å².